The highest BCUT2D eigenvalue weighted by Gasteiger charge is 2.41. The van der Waals surface area contributed by atoms with Crippen molar-refractivity contribution in [3.05, 3.63) is 71.3 Å². The standard InChI is InChI=1S/C33H41N5O7/c1-3-33(2,37-28(39)25(35)12-7-8-19-45-31(43)24-10-5-4-6-11-24)32(44)36-26(20-22-14-16-23(21-34)17-15-22)29(40)38-18-9-13-27(38)30(41)42/h4-6,10-11,14-17,25-27H,3,7-9,12-13,18-20,35H2,1-2H3,(H,36,44)(H,37,39)(H,41,42)/t25-,26-,27+,33-/m0/s1. The first-order valence-electron chi connectivity index (χ1n) is 15.1. The Hall–Kier alpha value is -4.76. The minimum atomic E-state index is -1.42. The van der Waals surface area contributed by atoms with Gasteiger partial charge >= 0.3 is 11.9 Å². The van der Waals surface area contributed by atoms with Gasteiger partial charge in [0.15, 0.2) is 0 Å². The number of rotatable bonds is 15. The Labute approximate surface area is 262 Å². The number of ether oxygens (including phenoxy) is 1. The van der Waals surface area contributed by atoms with E-state index in [1.165, 1.54) is 11.8 Å². The number of benzene rings is 2. The first-order valence-corrected chi connectivity index (χ1v) is 15.1. The van der Waals surface area contributed by atoms with Gasteiger partial charge in [-0.2, -0.15) is 5.26 Å². The molecule has 1 fully saturated rings. The number of likely N-dealkylation sites (tertiary alicyclic amines) is 1. The van der Waals surface area contributed by atoms with Crippen LogP contribution in [0.3, 0.4) is 0 Å². The summed E-state index contributed by atoms with van der Waals surface area (Å²) in [4.78, 5) is 65.4. The van der Waals surface area contributed by atoms with E-state index in [1.807, 2.05) is 6.07 Å². The summed E-state index contributed by atoms with van der Waals surface area (Å²) in [5.74, 6) is -3.24. The van der Waals surface area contributed by atoms with E-state index in [0.29, 0.717) is 48.8 Å². The number of nitrogens with two attached hydrogens (primary N) is 1. The molecule has 12 nitrogen and oxygen atoms in total. The maximum atomic E-state index is 13.6. The lowest BCUT2D eigenvalue weighted by Gasteiger charge is -2.33. The lowest BCUT2D eigenvalue weighted by atomic mass is 9.94. The summed E-state index contributed by atoms with van der Waals surface area (Å²) >= 11 is 0. The van der Waals surface area contributed by atoms with Crippen LogP contribution in [0.1, 0.15) is 73.9 Å². The summed E-state index contributed by atoms with van der Waals surface area (Å²) in [6.07, 6.45) is 2.38. The summed E-state index contributed by atoms with van der Waals surface area (Å²) in [5, 5.41) is 24.2. The average molecular weight is 620 g/mol. The number of amides is 3. The normalized spacial score (nSPS) is 16.8. The summed E-state index contributed by atoms with van der Waals surface area (Å²) in [6.45, 7) is 3.67. The van der Waals surface area contributed by atoms with Gasteiger partial charge < -0.3 is 31.1 Å². The second kappa shape index (κ2) is 16.4. The topological polar surface area (TPSA) is 192 Å². The van der Waals surface area contributed by atoms with Crippen LogP contribution in [0.25, 0.3) is 0 Å². The molecule has 1 heterocycles. The maximum absolute atomic E-state index is 13.6. The fraction of sp³-hybridized carbons (Fsp3) is 0.455. The SMILES string of the molecule is CC[C@](C)(NC(=O)[C@@H](N)CCCCOC(=O)c1ccccc1)C(=O)N[C@@H](Cc1ccc(C#N)cc1)C(=O)N1CCC[C@@H]1C(=O)O. The molecular formula is C33H41N5O7. The highest BCUT2D eigenvalue weighted by molar-refractivity contribution is 5.96. The molecule has 1 saturated heterocycles. The second-order valence-corrected chi connectivity index (χ2v) is 11.3. The van der Waals surface area contributed by atoms with Crippen LogP contribution in [-0.2, 0) is 30.3 Å². The Morgan fingerprint density at radius 3 is 2.42 bits per heavy atom. The van der Waals surface area contributed by atoms with Crippen LogP contribution in [0.5, 0.6) is 0 Å². The molecule has 0 saturated carbocycles. The van der Waals surface area contributed by atoms with E-state index in [4.69, 9.17) is 15.7 Å². The van der Waals surface area contributed by atoms with Crippen molar-refractivity contribution in [3.63, 3.8) is 0 Å². The Bertz CT molecular complexity index is 1390. The van der Waals surface area contributed by atoms with Crippen molar-refractivity contribution < 1.29 is 33.8 Å². The zero-order valence-corrected chi connectivity index (χ0v) is 25.7. The second-order valence-electron chi connectivity index (χ2n) is 11.3. The van der Waals surface area contributed by atoms with Crippen LogP contribution in [0.15, 0.2) is 54.6 Å². The number of esters is 1. The van der Waals surface area contributed by atoms with Gasteiger partial charge in [-0.05, 0) is 75.3 Å². The molecule has 1 aliphatic heterocycles. The van der Waals surface area contributed by atoms with Gasteiger partial charge in [-0.3, -0.25) is 14.4 Å². The maximum Gasteiger partial charge on any atom is 0.338 e. The van der Waals surface area contributed by atoms with Crippen LogP contribution in [0, 0.1) is 11.3 Å². The molecular weight excluding hydrogens is 578 g/mol. The molecule has 0 aromatic heterocycles. The van der Waals surface area contributed by atoms with Gasteiger partial charge in [0.05, 0.1) is 29.8 Å². The molecule has 2 aromatic rings. The number of carboxylic acid groups (broad SMARTS) is 1. The van der Waals surface area contributed by atoms with Gasteiger partial charge in [-0.25, -0.2) is 9.59 Å². The molecule has 0 bridgehead atoms. The molecule has 240 valence electrons. The minimum absolute atomic E-state index is 0.0568. The molecule has 45 heavy (non-hydrogen) atoms. The molecule has 0 unspecified atom stereocenters. The van der Waals surface area contributed by atoms with Gasteiger partial charge in [0, 0.05) is 13.0 Å². The third-order valence-corrected chi connectivity index (χ3v) is 8.04. The number of hydrogen-bond acceptors (Lipinski definition) is 8. The van der Waals surface area contributed by atoms with Crippen LogP contribution < -0.4 is 16.4 Å². The number of carboxylic acids is 1. The van der Waals surface area contributed by atoms with Gasteiger partial charge in [0.2, 0.25) is 17.7 Å². The van der Waals surface area contributed by atoms with Crippen molar-refractivity contribution in [1.29, 1.82) is 5.26 Å². The number of aliphatic carboxylic acids is 1. The number of carbonyl (C=O) groups is 5. The van der Waals surface area contributed by atoms with Crippen molar-refractivity contribution in [3.8, 4) is 6.07 Å². The fourth-order valence-corrected chi connectivity index (χ4v) is 5.05. The first-order chi connectivity index (χ1) is 21.5. The Morgan fingerprint density at radius 2 is 1.80 bits per heavy atom. The quantitative estimate of drug-likeness (QED) is 0.171. The highest BCUT2D eigenvalue weighted by Crippen LogP contribution is 2.21. The van der Waals surface area contributed by atoms with E-state index < -0.39 is 53.3 Å². The summed E-state index contributed by atoms with van der Waals surface area (Å²) in [6, 6.07) is 14.2. The Morgan fingerprint density at radius 1 is 1.11 bits per heavy atom. The van der Waals surface area contributed by atoms with Crippen molar-refractivity contribution >= 4 is 29.7 Å². The Kier molecular flexibility index (Phi) is 12.6. The third kappa shape index (κ3) is 9.61. The van der Waals surface area contributed by atoms with E-state index in [-0.39, 0.29) is 26.0 Å². The average Bonchev–Trinajstić information content (AvgIpc) is 3.55. The number of hydrogen-bond donors (Lipinski definition) is 4. The van der Waals surface area contributed by atoms with Crippen molar-refractivity contribution in [2.24, 2.45) is 5.73 Å². The number of nitrogens with zero attached hydrogens (tertiary/aromatic N) is 2. The number of nitriles is 1. The molecule has 0 spiro atoms. The van der Waals surface area contributed by atoms with Crippen LogP contribution in [0.4, 0.5) is 0 Å². The van der Waals surface area contributed by atoms with E-state index in [0.717, 1.165) is 0 Å². The highest BCUT2D eigenvalue weighted by atomic mass is 16.5. The fourth-order valence-electron chi connectivity index (χ4n) is 5.05. The van der Waals surface area contributed by atoms with Crippen LogP contribution in [0.2, 0.25) is 0 Å². The van der Waals surface area contributed by atoms with Crippen molar-refractivity contribution in [2.45, 2.75) is 82.5 Å². The molecule has 2 aromatic carbocycles. The Balaban J connectivity index is 1.61. The molecule has 5 N–H and O–H groups in total. The number of nitrogens with one attached hydrogen (secondary N) is 2. The summed E-state index contributed by atoms with van der Waals surface area (Å²) in [5.41, 5.74) is 6.26. The number of carbonyl (C=O) groups excluding carboxylic acids is 4. The zero-order valence-electron chi connectivity index (χ0n) is 25.7. The predicted molar refractivity (Wildman–Crippen MR) is 165 cm³/mol. The van der Waals surface area contributed by atoms with Crippen LogP contribution >= 0.6 is 0 Å². The van der Waals surface area contributed by atoms with E-state index in [1.54, 1.807) is 61.5 Å². The first kappa shape index (κ1) is 34.7. The van der Waals surface area contributed by atoms with Crippen LogP contribution in [-0.4, -0.2) is 76.5 Å². The van der Waals surface area contributed by atoms with E-state index in [9.17, 15) is 29.1 Å². The van der Waals surface area contributed by atoms with Crippen molar-refractivity contribution in [2.75, 3.05) is 13.2 Å². The summed E-state index contributed by atoms with van der Waals surface area (Å²) in [7, 11) is 0. The van der Waals surface area contributed by atoms with Gasteiger partial charge in [-0.15, -0.1) is 0 Å². The third-order valence-electron chi connectivity index (χ3n) is 8.04. The van der Waals surface area contributed by atoms with Gasteiger partial charge in [0.1, 0.15) is 17.6 Å². The van der Waals surface area contributed by atoms with Gasteiger partial charge in [0.25, 0.3) is 0 Å². The minimum Gasteiger partial charge on any atom is -0.480 e. The summed E-state index contributed by atoms with van der Waals surface area (Å²) < 4.78 is 5.26. The van der Waals surface area contributed by atoms with E-state index in [2.05, 4.69) is 10.6 Å². The molecule has 1 aliphatic rings. The predicted octanol–water partition coefficient (Wildman–Crippen LogP) is 2.30. The molecule has 4 atom stereocenters. The monoisotopic (exact) mass is 619 g/mol. The lowest BCUT2D eigenvalue weighted by molar-refractivity contribution is -0.149. The molecule has 3 amide bonds. The molecule has 12 heteroatoms. The largest absolute Gasteiger partial charge is 0.480 e. The molecule has 0 radical (unpaired) electrons. The smallest absolute Gasteiger partial charge is 0.338 e. The van der Waals surface area contributed by atoms with E-state index >= 15 is 0 Å². The van der Waals surface area contributed by atoms with Crippen molar-refractivity contribution in [1.82, 2.24) is 15.5 Å². The zero-order chi connectivity index (χ0) is 33.0. The number of unbranched alkanes of at least 4 members (excludes halogenated alkanes) is 1. The van der Waals surface area contributed by atoms with Gasteiger partial charge in [-0.1, -0.05) is 37.3 Å². The molecule has 3 rings (SSSR count). The molecule has 0 aliphatic carbocycles. The lowest BCUT2D eigenvalue weighted by Crippen LogP contribution is -2.63.